The Bertz CT molecular complexity index is 814. The lowest BCUT2D eigenvalue weighted by atomic mass is 9.89. The first-order valence-electron chi connectivity index (χ1n) is 8.63. The van der Waals surface area contributed by atoms with Gasteiger partial charge < -0.3 is 15.3 Å². The molecule has 2 rings (SSSR count). The van der Waals surface area contributed by atoms with Gasteiger partial charge in [0.15, 0.2) is 0 Å². The Hall–Kier alpha value is -3.15. The number of carbonyl (C=O) groups excluding carboxylic acids is 2. The molecule has 0 saturated carbocycles. The molecule has 6 nitrogen and oxygen atoms in total. The zero-order chi connectivity index (χ0) is 20.0. The first kappa shape index (κ1) is 20.2. The zero-order valence-corrected chi connectivity index (χ0v) is 15.7. The van der Waals surface area contributed by atoms with Crippen LogP contribution >= 0.6 is 0 Å². The van der Waals surface area contributed by atoms with E-state index in [1.165, 1.54) is 13.8 Å². The maximum atomic E-state index is 12.4. The van der Waals surface area contributed by atoms with Crippen molar-refractivity contribution < 1.29 is 19.5 Å². The van der Waals surface area contributed by atoms with Gasteiger partial charge >= 0.3 is 5.97 Å². The van der Waals surface area contributed by atoms with E-state index in [1.54, 1.807) is 36.2 Å². The van der Waals surface area contributed by atoms with E-state index in [-0.39, 0.29) is 24.7 Å². The summed E-state index contributed by atoms with van der Waals surface area (Å²) in [6.07, 6.45) is 0.121. The predicted octanol–water partition coefficient (Wildman–Crippen LogP) is 3.33. The third-order valence-corrected chi connectivity index (χ3v) is 4.29. The minimum Gasteiger partial charge on any atom is -0.481 e. The fourth-order valence-electron chi connectivity index (χ4n) is 2.48. The quantitative estimate of drug-likeness (QED) is 0.785. The van der Waals surface area contributed by atoms with Gasteiger partial charge in [0.25, 0.3) is 0 Å². The summed E-state index contributed by atoms with van der Waals surface area (Å²) < 4.78 is 0. The van der Waals surface area contributed by atoms with Gasteiger partial charge in [0.1, 0.15) is 0 Å². The number of anilines is 2. The molecule has 2 aromatic carbocycles. The van der Waals surface area contributed by atoms with Crippen molar-refractivity contribution in [2.75, 3.05) is 17.3 Å². The topological polar surface area (TPSA) is 86.7 Å². The van der Waals surface area contributed by atoms with Crippen LogP contribution in [0.2, 0.25) is 0 Å². The highest BCUT2D eigenvalue weighted by Gasteiger charge is 2.30. The molecule has 0 aromatic heterocycles. The fourth-order valence-corrected chi connectivity index (χ4v) is 2.48. The Morgan fingerprint density at radius 1 is 1.00 bits per heavy atom. The highest BCUT2D eigenvalue weighted by atomic mass is 16.4. The second-order valence-corrected chi connectivity index (χ2v) is 7.08. The Labute approximate surface area is 158 Å². The average Bonchev–Trinajstić information content (AvgIpc) is 2.62. The van der Waals surface area contributed by atoms with E-state index in [9.17, 15) is 14.4 Å². The van der Waals surface area contributed by atoms with Crippen molar-refractivity contribution in [3.8, 4) is 0 Å². The van der Waals surface area contributed by atoms with Gasteiger partial charge in [-0.1, -0.05) is 30.3 Å². The molecule has 0 saturated heterocycles. The van der Waals surface area contributed by atoms with Crippen LogP contribution in [0.4, 0.5) is 11.4 Å². The maximum absolute atomic E-state index is 12.4. The molecule has 0 radical (unpaired) electrons. The van der Waals surface area contributed by atoms with Gasteiger partial charge in [-0.15, -0.1) is 0 Å². The molecular weight excluding hydrogens is 344 g/mol. The number of amides is 2. The number of hydrogen-bond acceptors (Lipinski definition) is 3. The smallest absolute Gasteiger partial charge is 0.309 e. The van der Waals surface area contributed by atoms with Gasteiger partial charge in [0.05, 0.1) is 11.8 Å². The number of para-hydroxylation sites is 1. The van der Waals surface area contributed by atoms with Crippen LogP contribution in [-0.4, -0.2) is 29.9 Å². The molecule has 0 bridgehead atoms. The minimum absolute atomic E-state index is 0.0406. The van der Waals surface area contributed by atoms with Crippen molar-refractivity contribution >= 4 is 29.2 Å². The van der Waals surface area contributed by atoms with E-state index in [1.807, 2.05) is 30.3 Å². The van der Waals surface area contributed by atoms with E-state index in [0.29, 0.717) is 5.69 Å². The van der Waals surface area contributed by atoms with Crippen LogP contribution in [0, 0.1) is 5.41 Å². The van der Waals surface area contributed by atoms with Crippen molar-refractivity contribution in [1.29, 1.82) is 0 Å². The number of aliphatic carboxylic acids is 1. The lowest BCUT2D eigenvalue weighted by Crippen LogP contribution is -2.29. The first-order valence-corrected chi connectivity index (χ1v) is 8.63. The Balaban J connectivity index is 1.94. The second-order valence-electron chi connectivity index (χ2n) is 7.08. The lowest BCUT2D eigenvalue weighted by Gasteiger charge is -2.18. The number of carboxylic acids is 1. The molecule has 0 aliphatic rings. The largest absolute Gasteiger partial charge is 0.481 e. The Kier molecular flexibility index (Phi) is 6.34. The summed E-state index contributed by atoms with van der Waals surface area (Å²) in [6, 6.07) is 16.3. The van der Waals surface area contributed by atoms with Gasteiger partial charge in [-0.25, -0.2) is 0 Å². The summed E-state index contributed by atoms with van der Waals surface area (Å²) in [6.45, 7) is 3.01. The third-order valence-electron chi connectivity index (χ3n) is 4.29. The molecule has 0 heterocycles. The summed E-state index contributed by atoms with van der Waals surface area (Å²) >= 11 is 0. The number of hydrogen-bond donors (Lipinski definition) is 2. The standard InChI is InChI=1S/C21H24N2O4/c1-21(2,20(26)27)14-18(24)22-16-11-9-15(10-12-16)13-19(25)23(3)17-7-5-4-6-8-17/h4-12H,13-14H2,1-3H3,(H,22,24)(H,26,27). The van der Waals surface area contributed by atoms with Gasteiger partial charge in [-0.3, -0.25) is 14.4 Å². The average molecular weight is 368 g/mol. The fraction of sp³-hybridized carbons (Fsp3) is 0.286. The molecule has 0 aliphatic carbocycles. The van der Waals surface area contributed by atoms with Crippen molar-refractivity contribution in [3.63, 3.8) is 0 Å². The van der Waals surface area contributed by atoms with Gasteiger partial charge in [-0.2, -0.15) is 0 Å². The van der Waals surface area contributed by atoms with Crippen LogP contribution in [0.15, 0.2) is 54.6 Å². The van der Waals surface area contributed by atoms with Crippen LogP contribution < -0.4 is 10.2 Å². The van der Waals surface area contributed by atoms with Gasteiger partial charge in [0, 0.05) is 24.8 Å². The molecule has 27 heavy (non-hydrogen) atoms. The molecule has 6 heteroatoms. The molecule has 2 aromatic rings. The molecule has 2 N–H and O–H groups in total. The van der Waals surface area contributed by atoms with Crippen LogP contribution in [-0.2, 0) is 20.8 Å². The van der Waals surface area contributed by atoms with Crippen LogP contribution in [0.5, 0.6) is 0 Å². The number of nitrogens with one attached hydrogen (secondary N) is 1. The summed E-state index contributed by atoms with van der Waals surface area (Å²) in [5.74, 6) is -1.43. The van der Waals surface area contributed by atoms with Crippen molar-refractivity contribution in [2.24, 2.45) is 5.41 Å². The Morgan fingerprint density at radius 2 is 1.59 bits per heavy atom. The number of rotatable bonds is 7. The molecule has 142 valence electrons. The minimum atomic E-state index is -1.13. The van der Waals surface area contributed by atoms with Crippen LogP contribution in [0.3, 0.4) is 0 Å². The van der Waals surface area contributed by atoms with E-state index in [0.717, 1.165) is 11.3 Å². The summed E-state index contributed by atoms with van der Waals surface area (Å²) in [5, 5.41) is 11.8. The SMILES string of the molecule is CN(C(=O)Cc1ccc(NC(=O)CC(C)(C)C(=O)O)cc1)c1ccccc1. The molecule has 2 amide bonds. The number of likely N-dealkylation sites (N-methyl/N-ethyl adjacent to an activating group) is 1. The summed E-state index contributed by atoms with van der Waals surface area (Å²) in [4.78, 5) is 37.1. The van der Waals surface area contributed by atoms with Crippen molar-refractivity contribution in [2.45, 2.75) is 26.7 Å². The first-order chi connectivity index (χ1) is 12.7. The predicted molar refractivity (Wildman–Crippen MR) is 105 cm³/mol. The third kappa shape index (κ3) is 5.67. The molecular formula is C21H24N2O4. The van der Waals surface area contributed by atoms with Crippen LogP contribution in [0.1, 0.15) is 25.8 Å². The molecule has 0 atom stereocenters. The normalized spacial score (nSPS) is 10.9. The van der Waals surface area contributed by atoms with E-state index >= 15 is 0 Å². The van der Waals surface area contributed by atoms with Crippen molar-refractivity contribution in [3.05, 3.63) is 60.2 Å². The van der Waals surface area contributed by atoms with E-state index < -0.39 is 11.4 Å². The number of carboxylic acid groups (broad SMARTS) is 1. The lowest BCUT2D eigenvalue weighted by molar-refractivity contribution is -0.149. The highest BCUT2D eigenvalue weighted by Crippen LogP contribution is 2.21. The van der Waals surface area contributed by atoms with Gasteiger partial charge in [-0.05, 0) is 43.7 Å². The molecule has 0 unspecified atom stereocenters. The number of nitrogens with zero attached hydrogens (tertiary/aromatic N) is 1. The number of carbonyl (C=O) groups is 3. The Morgan fingerprint density at radius 3 is 2.15 bits per heavy atom. The monoisotopic (exact) mass is 368 g/mol. The maximum Gasteiger partial charge on any atom is 0.309 e. The summed E-state index contributed by atoms with van der Waals surface area (Å²) in [5.41, 5.74) is 1.09. The van der Waals surface area contributed by atoms with Crippen molar-refractivity contribution in [1.82, 2.24) is 0 Å². The molecule has 0 fully saturated rings. The molecule has 0 spiro atoms. The van der Waals surface area contributed by atoms with E-state index in [4.69, 9.17) is 5.11 Å². The molecule has 0 aliphatic heterocycles. The summed E-state index contributed by atoms with van der Waals surface area (Å²) in [7, 11) is 1.73. The highest BCUT2D eigenvalue weighted by molar-refractivity contribution is 5.95. The van der Waals surface area contributed by atoms with E-state index in [2.05, 4.69) is 5.32 Å². The zero-order valence-electron chi connectivity index (χ0n) is 15.7. The second kappa shape index (κ2) is 8.49. The number of benzene rings is 2. The van der Waals surface area contributed by atoms with Crippen LogP contribution in [0.25, 0.3) is 0 Å². The van der Waals surface area contributed by atoms with Gasteiger partial charge in [0.2, 0.25) is 11.8 Å².